The van der Waals surface area contributed by atoms with Crippen LogP contribution in [0.15, 0.2) is 84.5 Å². The number of ketones is 1. The Labute approximate surface area is 155 Å². The zero-order chi connectivity index (χ0) is 17.9. The quantitative estimate of drug-likeness (QED) is 0.720. The summed E-state index contributed by atoms with van der Waals surface area (Å²) >= 11 is 6.28. The molecule has 1 aliphatic carbocycles. The molecule has 0 aliphatic heterocycles. The number of rotatable bonds is 5. The van der Waals surface area contributed by atoms with Crippen LogP contribution in [-0.4, -0.2) is 11.4 Å². The van der Waals surface area contributed by atoms with Crippen LogP contribution in [0.1, 0.15) is 20.3 Å². The van der Waals surface area contributed by atoms with Crippen molar-refractivity contribution < 1.29 is 4.79 Å². The van der Waals surface area contributed by atoms with Gasteiger partial charge in [-0.05, 0) is 24.0 Å². The van der Waals surface area contributed by atoms with E-state index in [4.69, 9.17) is 11.8 Å². The summed E-state index contributed by atoms with van der Waals surface area (Å²) in [6, 6.07) is 18.2. The Kier molecular flexibility index (Phi) is 5.51. The van der Waals surface area contributed by atoms with Crippen LogP contribution in [0.2, 0.25) is 0 Å². The highest BCUT2D eigenvalue weighted by Gasteiger charge is 2.36. The minimum absolute atomic E-state index is 0.0616. The Morgan fingerprint density at radius 3 is 2.00 bits per heavy atom. The molecule has 0 amide bonds. The Hall–Kier alpha value is -1.76. The van der Waals surface area contributed by atoms with Gasteiger partial charge in [-0.1, -0.05) is 103 Å². The lowest BCUT2D eigenvalue weighted by molar-refractivity contribution is -0.120. The molecule has 1 nitrogen and oxygen atoms in total. The Morgan fingerprint density at radius 1 is 1.04 bits per heavy atom. The number of hydrogen-bond acceptors (Lipinski definition) is 2. The van der Waals surface area contributed by atoms with Crippen LogP contribution >= 0.6 is 6.04 Å². The number of allylic oxidation sites excluding steroid dienone is 4. The van der Waals surface area contributed by atoms with Crippen molar-refractivity contribution in [1.29, 1.82) is 0 Å². The summed E-state index contributed by atoms with van der Waals surface area (Å²) in [7, 11) is 0. The van der Waals surface area contributed by atoms with Crippen LogP contribution < -0.4 is 10.6 Å². The highest BCUT2D eigenvalue weighted by atomic mass is 32.4. The molecule has 0 radical (unpaired) electrons. The van der Waals surface area contributed by atoms with Crippen LogP contribution in [0.25, 0.3) is 0 Å². The molecule has 0 saturated carbocycles. The van der Waals surface area contributed by atoms with Gasteiger partial charge in [0.1, 0.15) is 5.78 Å². The molecule has 0 spiro atoms. The maximum atomic E-state index is 13.3. The van der Waals surface area contributed by atoms with E-state index in [9.17, 15) is 4.79 Å². The van der Waals surface area contributed by atoms with E-state index in [0.29, 0.717) is 0 Å². The van der Waals surface area contributed by atoms with Crippen LogP contribution in [0.4, 0.5) is 0 Å². The van der Waals surface area contributed by atoms with Gasteiger partial charge < -0.3 is 0 Å². The molecule has 3 rings (SSSR count). The van der Waals surface area contributed by atoms with E-state index in [-0.39, 0.29) is 17.4 Å². The molecule has 2 unspecified atom stereocenters. The molecular weight excluding hydrogens is 343 g/mol. The number of benzene rings is 2. The summed E-state index contributed by atoms with van der Waals surface area (Å²) in [5.41, 5.74) is 1.04. The summed E-state index contributed by atoms with van der Waals surface area (Å²) in [5.74, 6) is 0.199. The van der Waals surface area contributed by atoms with Crippen molar-refractivity contribution in [3.63, 3.8) is 0 Å². The fraction of sp³-hybridized carbons (Fsp3) is 0.227. The summed E-state index contributed by atoms with van der Waals surface area (Å²) in [4.78, 5) is 13.3. The fourth-order valence-corrected chi connectivity index (χ4v) is 7.34. The van der Waals surface area contributed by atoms with Gasteiger partial charge in [0, 0.05) is 12.0 Å². The van der Waals surface area contributed by atoms with E-state index < -0.39 is 6.04 Å². The number of hydrogen-bond donors (Lipinski definition) is 0. The molecule has 2 aromatic rings. The third-order valence-corrected chi connectivity index (χ3v) is 10.6. The van der Waals surface area contributed by atoms with Gasteiger partial charge in [0.25, 0.3) is 0 Å². The molecule has 0 fully saturated rings. The largest absolute Gasteiger partial charge is 0.298 e. The van der Waals surface area contributed by atoms with E-state index in [1.165, 1.54) is 5.57 Å². The van der Waals surface area contributed by atoms with Gasteiger partial charge in [0.2, 0.25) is 0 Å². The normalized spacial score (nSPS) is 18.5. The van der Waals surface area contributed by atoms with Crippen LogP contribution in [-0.2, 0) is 16.6 Å². The molecule has 0 aromatic heterocycles. The van der Waals surface area contributed by atoms with Crippen molar-refractivity contribution in [3.05, 3.63) is 84.5 Å². The predicted molar refractivity (Wildman–Crippen MR) is 112 cm³/mol. The summed E-state index contributed by atoms with van der Waals surface area (Å²) in [5, 5.41) is 2.23. The average Bonchev–Trinajstić information content (AvgIpc) is 2.68. The van der Waals surface area contributed by atoms with Crippen molar-refractivity contribution in [2.45, 2.75) is 25.9 Å². The highest BCUT2D eigenvalue weighted by Crippen LogP contribution is 2.50. The maximum Gasteiger partial charge on any atom is 0.148 e. The van der Waals surface area contributed by atoms with Gasteiger partial charge in [0.15, 0.2) is 0 Å². The molecular formula is C22H23OPS. The Bertz CT molecular complexity index is 809. The molecule has 1 aliphatic rings. The Morgan fingerprint density at radius 2 is 1.56 bits per heavy atom. The minimum Gasteiger partial charge on any atom is -0.298 e. The van der Waals surface area contributed by atoms with Crippen molar-refractivity contribution >= 4 is 34.2 Å². The second kappa shape index (κ2) is 7.64. The van der Waals surface area contributed by atoms with Crippen LogP contribution in [0, 0.1) is 5.92 Å². The number of Topliss-reactive ketones (excluding diaryl/α,β-unsaturated/α-hetero) is 1. The molecule has 0 heterocycles. The van der Waals surface area contributed by atoms with Gasteiger partial charge in [-0.3, -0.25) is 4.79 Å². The van der Waals surface area contributed by atoms with Crippen molar-refractivity contribution in [1.82, 2.24) is 0 Å². The first-order valence-electron chi connectivity index (χ1n) is 8.63. The zero-order valence-electron chi connectivity index (χ0n) is 14.6. The van der Waals surface area contributed by atoms with Gasteiger partial charge in [-0.25, -0.2) is 0 Å². The average molecular weight is 366 g/mol. The van der Waals surface area contributed by atoms with Crippen LogP contribution in [0.3, 0.4) is 0 Å². The first kappa shape index (κ1) is 18.0. The lowest BCUT2D eigenvalue weighted by atomic mass is 9.92. The van der Waals surface area contributed by atoms with E-state index in [1.54, 1.807) is 0 Å². The summed E-state index contributed by atoms with van der Waals surface area (Å²) in [6.07, 6.45) is 7.02. The fourth-order valence-electron chi connectivity index (χ4n) is 3.32. The maximum absolute atomic E-state index is 13.3. The predicted octanol–water partition coefficient (Wildman–Crippen LogP) is 4.60. The minimum atomic E-state index is -2.22. The van der Waals surface area contributed by atoms with E-state index in [0.717, 1.165) is 17.0 Å². The summed E-state index contributed by atoms with van der Waals surface area (Å²) in [6.45, 7) is 4.10. The third kappa shape index (κ3) is 3.61. The first-order valence-corrected chi connectivity index (χ1v) is 11.5. The van der Waals surface area contributed by atoms with Gasteiger partial charge in [0.05, 0.1) is 5.66 Å². The highest BCUT2D eigenvalue weighted by molar-refractivity contribution is 8.22. The molecule has 128 valence electrons. The molecule has 0 bridgehead atoms. The molecule has 0 N–H and O–H groups in total. The standard InChI is InChI=1S/C22H23OPS/c1-17-13-15-19(16-14-17)22(23)18(2)24(25,20-9-5-3-6-10-20)21-11-7-4-8-12-21/h3-15,18-19H,16H2,1-2H3. The third-order valence-electron chi connectivity index (χ3n) is 4.89. The molecule has 25 heavy (non-hydrogen) atoms. The van der Waals surface area contributed by atoms with Crippen LogP contribution in [0.5, 0.6) is 0 Å². The Balaban J connectivity index is 2.02. The van der Waals surface area contributed by atoms with Crippen molar-refractivity contribution in [3.8, 4) is 0 Å². The first-order chi connectivity index (χ1) is 12.0. The monoisotopic (exact) mass is 366 g/mol. The molecule has 0 saturated heterocycles. The second-order valence-electron chi connectivity index (χ2n) is 6.56. The lowest BCUT2D eigenvalue weighted by Gasteiger charge is -2.31. The second-order valence-corrected chi connectivity index (χ2v) is 11.4. The smallest absolute Gasteiger partial charge is 0.148 e. The molecule has 3 heteroatoms. The van der Waals surface area contributed by atoms with E-state index in [2.05, 4.69) is 37.3 Å². The van der Waals surface area contributed by atoms with Gasteiger partial charge >= 0.3 is 0 Å². The zero-order valence-corrected chi connectivity index (χ0v) is 16.3. The molecule has 2 aromatic carbocycles. The van der Waals surface area contributed by atoms with E-state index in [1.807, 2.05) is 55.5 Å². The topological polar surface area (TPSA) is 17.1 Å². The lowest BCUT2D eigenvalue weighted by Crippen LogP contribution is -2.33. The summed E-state index contributed by atoms with van der Waals surface area (Å²) < 4.78 is 0. The van der Waals surface area contributed by atoms with Crippen molar-refractivity contribution in [2.24, 2.45) is 5.92 Å². The van der Waals surface area contributed by atoms with Crippen molar-refractivity contribution in [2.75, 3.05) is 0 Å². The van der Waals surface area contributed by atoms with E-state index >= 15 is 0 Å². The number of carbonyl (C=O) groups excluding carboxylic acids is 1. The molecule has 2 atom stereocenters. The van der Waals surface area contributed by atoms with Gasteiger partial charge in [-0.2, -0.15) is 0 Å². The SMILES string of the molecule is CC1=CCC(C(=O)C(C)P(=S)(c2ccccc2)c2ccccc2)C=C1. The van der Waals surface area contributed by atoms with Gasteiger partial charge in [-0.15, -0.1) is 0 Å². The number of carbonyl (C=O) groups is 1.